The summed E-state index contributed by atoms with van der Waals surface area (Å²) >= 11 is 0. The standard InChI is InChI=1S/C28H35N3O6/c1-27(2,3)37-26(34)29-17-24(32)31-14-12-28(13-15-31)35-18-22-16-21(10-11-23(22)36-28)19-6-8-20(9-7-19)25(33)30(4)5/h6-11,16H,12-15,17-18H2,1-5H3,(H,29,34). The largest absolute Gasteiger partial charge is 0.462 e. The van der Waals surface area contributed by atoms with E-state index in [1.165, 1.54) is 0 Å². The molecule has 37 heavy (non-hydrogen) atoms. The van der Waals surface area contributed by atoms with E-state index in [-0.39, 0.29) is 18.4 Å². The van der Waals surface area contributed by atoms with Crippen LogP contribution in [0.2, 0.25) is 0 Å². The molecule has 9 nitrogen and oxygen atoms in total. The molecule has 198 valence electrons. The Hall–Kier alpha value is -3.59. The van der Waals surface area contributed by atoms with Crippen LogP contribution in [0.1, 0.15) is 49.5 Å². The van der Waals surface area contributed by atoms with E-state index in [9.17, 15) is 14.4 Å². The van der Waals surface area contributed by atoms with Crippen LogP contribution in [0.3, 0.4) is 0 Å². The Kier molecular flexibility index (Phi) is 7.45. The molecule has 0 unspecified atom stereocenters. The lowest BCUT2D eigenvalue weighted by molar-refractivity contribution is -0.227. The third kappa shape index (κ3) is 6.40. The molecule has 0 atom stereocenters. The number of carbonyl (C=O) groups is 3. The summed E-state index contributed by atoms with van der Waals surface area (Å²) in [6.07, 6.45) is 0.462. The number of hydrogen-bond acceptors (Lipinski definition) is 6. The van der Waals surface area contributed by atoms with Gasteiger partial charge in [-0.3, -0.25) is 9.59 Å². The molecule has 0 aromatic heterocycles. The van der Waals surface area contributed by atoms with Crippen LogP contribution in [0, 0.1) is 0 Å². The van der Waals surface area contributed by atoms with Gasteiger partial charge in [0, 0.05) is 51.2 Å². The van der Waals surface area contributed by atoms with Crippen LogP contribution < -0.4 is 10.1 Å². The first kappa shape index (κ1) is 26.5. The molecule has 2 heterocycles. The number of ether oxygens (including phenoxy) is 3. The van der Waals surface area contributed by atoms with Crippen molar-refractivity contribution < 1.29 is 28.6 Å². The SMILES string of the molecule is CN(C)C(=O)c1ccc(-c2ccc3c(c2)COC2(CCN(C(=O)CNC(=O)OC(C)(C)C)CC2)O3)cc1. The Balaban J connectivity index is 1.33. The van der Waals surface area contributed by atoms with Crippen LogP contribution in [0.25, 0.3) is 11.1 Å². The molecule has 1 spiro atoms. The van der Waals surface area contributed by atoms with Gasteiger partial charge in [-0.05, 0) is 56.2 Å². The van der Waals surface area contributed by atoms with Crippen LogP contribution in [-0.4, -0.2) is 72.8 Å². The number of alkyl carbamates (subject to hydrolysis) is 1. The van der Waals surface area contributed by atoms with E-state index in [4.69, 9.17) is 14.2 Å². The number of nitrogens with one attached hydrogen (secondary N) is 1. The first-order valence-corrected chi connectivity index (χ1v) is 12.5. The van der Waals surface area contributed by atoms with Crippen molar-refractivity contribution in [3.8, 4) is 16.9 Å². The highest BCUT2D eigenvalue weighted by Crippen LogP contribution is 2.39. The Bertz CT molecular complexity index is 1160. The highest BCUT2D eigenvalue weighted by molar-refractivity contribution is 5.94. The molecule has 2 aliphatic heterocycles. The van der Waals surface area contributed by atoms with Gasteiger partial charge in [-0.15, -0.1) is 0 Å². The van der Waals surface area contributed by atoms with Gasteiger partial charge >= 0.3 is 6.09 Å². The lowest BCUT2D eigenvalue weighted by atomic mass is 9.98. The van der Waals surface area contributed by atoms with Crippen molar-refractivity contribution >= 4 is 17.9 Å². The van der Waals surface area contributed by atoms with Crippen molar-refractivity contribution in [2.45, 2.75) is 51.6 Å². The molecule has 1 N–H and O–H groups in total. The molecule has 2 aromatic rings. The zero-order chi connectivity index (χ0) is 26.8. The molecule has 9 heteroatoms. The third-order valence-electron chi connectivity index (χ3n) is 6.38. The van der Waals surface area contributed by atoms with Gasteiger partial charge < -0.3 is 29.3 Å². The third-order valence-corrected chi connectivity index (χ3v) is 6.38. The minimum absolute atomic E-state index is 0.0314. The number of hydrogen-bond donors (Lipinski definition) is 1. The average molecular weight is 510 g/mol. The van der Waals surface area contributed by atoms with Gasteiger partial charge in [-0.2, -0.15) is 0 Å². The van der Waals surface area contributed by atoms with Crippen molar-refractivity contribution in [2.75, 3.05) is 33.7 Å². The first-order valence-electron chi connectivity index (χ1n) is 12.5. The fraction of sp³-hybridized carbons (Fsp3) is 0.464. The molecule has 0 saturated carbocycles. The van der Waals surface area contributed by atoms with E-state index in [1.54, 1.807) is 44.7 Å². The quantitative estimate of drug-likeness (QED) is 0.673. The minimum Gasteiger partial charge on any atom is -0.462 e. The molecular formula is C28H35N3O6. The maximum absolute atomic E-state index is 12.6. The summed E-state index contributed by atoms with van der Waals surface area (Å²) in [5.74, 6) is -0.185. The van der Waals surface area contributed by atoms with E-state index in [0.717, 1.165) is 22.4 Å². The molecule has 0 aliphatic carbocycles. The second kappa shape index (κ2) is 10.4. The molecule has 1 saturated heterocycles. The summed E-state index contributed by atoms with van der Waals surface area (Å²) in [5, 5.41) is 2.52. The molecule has 2 aromatic carbocycles. The summed E-state index contributed by atoms with van der Waals surface area (Å²) in [5.41, 5.74) is 3.00. The van der Waals surface area contributed by atoms with Crippen molar-refractivity contribution in [3.05, 3.63) is 53.6 Å². The lowest BCUT2D eigenvalue weighted by Gasteiger charge is -2.44. The maximum Gasteiger partial charge on any atom is 0.408 e. The van der Waals surface area contributed by atoms with Crippen LogP contribution in [-0.2, 0) is 20.9 Å². The van der Waals surface area contributed by atoms with E-state index < -0.39 is 17.5 Å². The number of fused-ring (bicyclic) bond motifs is 1. The van der Waals surface area contributed by atoms with Crippen molar-refractivity contribution in [3.63, 3.8) is 0 Å². The summed E-state index contributed by atoms with van der Waals surface area (Å²) in [6, 6.07) is 13.5. The average Bonchev–Trinajstić information content (AvgIpc) is 2.86. The number of rotatable bonds is 4. The number of nitrogens with zero attached hydrogens (tertiary/aromatic N) is 2. The van der Waals surface area contributed by atoms with Gasteiger partial charge in [0.2, 0.25) is 11.7 Å². The number of carbonyl (C=O) groups excluding carboxylic acids is 3. The van der Waals surface area contributed by atoms with Gasteiger partial charge in [0.25, 0.3) is 5.91 Å². The summed E-state index contributed by atoms with van der Waals surface area (Å²) in [6.45, 7) is 6.56. The van der Waals surface area contributed by atoms with E-state index in [0.29, 0.717) is 38.1 Å². The first-order chi connectivity index (χ1) is 17.4. The molecular weight excluding hydrogens is 474 g/mol. The fourth-order valence-corrected chi connectivity index (χ4v) is 4.39. The van der Waals surface area contributed by atoms with Crippen LogP contribution >= 0.6 is 0 Å². The second-order valence-electron chi connectivity index (χ2n) is 10.6. The molecule has 2 aliphatic rings. The van der Waals surface area contributed by atoms with E-state index >= 15 is 0 Å². The Morgan fingerprint density at radius 1 is 1.03 bits per heavy atom. The predicted molar refractivity (Wildman–Crippen MR) is 138 cm³/mol. The number of benzene rings is 2. The number of amides is 3. The topological polar surface area (TPSA) is 97.4 Å². The van der Waals surface area contributed by atoms with Crippen LogP contribution in [0.15, 0.2) is 42.5 Å². The number of piperidine rings is 1. The van der Waals surface area contributed by atoms with Crippen molar-refractivity contribution in [1.29, 1.82) is 0 Å². The molecule has 3 amide bonds. The van der Waals surface area contributed by atoms with Gasteiger partial charge in [0.1, 0.15) is 17.9 Å². The molecule has 0 bridgehead atoms. The second-order valence-corrected chi connectivity index (χ2v) is 10.6. The Labute approximate surface area is 217 Å². The summed E-state index contributed by atoms with van der Waals surface area (Å²) < 4.78 is 17.7. The van der Waals surface area contributed by atoms with Gasteiger partial charge in [-0.1, -0.05) is 18.2 Å². The zero-order valence-electron chi connectivity index (χ0n) is 22.1. The maximum atomic E-state index is 12.6. The number of likely N-dealkylation sites (tertiary alicyclic amines) is 1. The van der Waals surface area contributed by atoms with Gasteiger partial charge in [0.05, 0.1) is 6.61 Å². The lowest BCUT2D eigenvalue weighted by Crippen LogP contribution is -2.54. The Morgan fingerprint density at radius 3 is 2.30 bits per heavy atom. The summed E-state index contributed by atoms with van der Waals surface area (Å²) in [4.78, 5) is 39.8. The van der Waals surface area contributed by atoms with Crippen molar-refractivity contribution in [1.82, 2.24) is 15.1 Å². The fourth-order valence-electron chi connectivity index (χ4n) is 4.39. The summed E-state index contributed by atoms with van der Waals surface area (Å²) in [7, 11) is 3.47. The molecule has 1 fully saturated rings. The molecule has 4 rings (SSSR count). The van der Waals surface area contributed by atoms with E-state index in [1.807, 2.05) is 42.5 Å². The normalized spacial score (nSPS) is 16.4. The highest BCUT2D eigenvalue weighted by Gasteiger charge is 2.42. The van der Waals surface area contributed by atoms with Crippen molar-refractivity contribution in [2.24, 2.45) is 0 Å². The highest BCUT2D eigenvalue weighted by atomic mass is 16.7. The van der Waals surface area contributed by atoms with Gasteiger partial charge in [-0.25, -0.2) is 4.79 Å². The molecule has 0 radical (unpaired) electrons. The van der Waals surface area contributed by atoms with Crippen LogP contribution in [0.5, 0.6) is 5.75 Å². The zero-order valence-corrected chi connectivity index (χ0v) is 22.1. The smallest absolute Gasteiger partial charge is 0.408 e. The predicted octanol–water partition coefficient (Wildman–Crippen LogP) is 3.81. The Morgan fingerprint density at radius 2 is 1.68 bits per heavy atom. The minimum atomic E-state index is -0.766. The van der Waals surface area contributed by atoms with Gasteiger partial charge in [0.15, 0.2) is 0 Å². The van der Waals surface area contributed by atoms with E-state index in [2.05, 4.69) is 5.32 Å². The van der Waals surface area contributed by atoms with Crippen LogP contribution in [0.4, 0.5) is 4.79 Å². The monoisotopic (exact) mass is 509 g/mol.